The first-order valence-electron chi connectivity index (χ1n) is 7.78. The molecule has 0 unspecified atom stereocenters. The molecule has 0 spiro atoms. The SMILES string of the molecule is O=C(NCCC1=CCCCC1)c1nnc(-c2ccc(Cl)cc2)o1. The van der Waals surface area contributed by atoms with Crippen molar-refractivity contribution in [3.63, 3.8) is 0 Å². The maximum absolute atomic E-state index is 12.0. The summed E-state index contributed by atoms with van der Waals surface area (Å²) in [5.74, 6) is -0.0523. The molecule has 1 heterocycles. The number of allylic oxidation sites excluding steroid dienone is 1. The van der Waals surface area contributed by atoms with Crippen molar-refractivity contribution in [2.24, 2.45) is 0 Å². The summed E-state index contributed by atoms with van der Waals surface area (Å²) >= 11 is 5.84. The van der Waals surface area contributed by atoms with Crippen molar-refractivity contribution in [1.29, 1.82) is 0 Å². The fourth-order valence-corrected chi connectivity index (χ4v) is 2.69. The van der Waals surface area contributed by atoms with E-state index < -0.39 is 0 Å². The lowest BCUT2D eigenvalue weighted by molar-refractivity contribution is 0.0920. The number of nitrogens with one attached hydrogen (secondary N) is 1. The monoisotopic (exact) mass is 331 g/mol. The zero-order valence-electron chi connectivity index (χ0n) is 12.7. The number of aromatic nitrogens is 2. The van der Waals surface area contributed by atoms with Gasteiger partial charge in [-0.15, -0.1) is 10.2 Å². The number of amides is 1. The van der Waals surface area contributed by atoms with Crippen LogP contribution in [0.1, 0.15) is 42.8 Å². The molecule has 120 valence electrons. The van der Waals surface area contributed by atoms with Crippen molar-refractivity contribution >= 4 is 17.5 Å². The number of hydrogen-bond acceptors (Lipinski definition) is 4. The molecule has 1 aromatic carbocycles. The molecule has 0 atom stereocenters. The van der Waals surface area contributed by atoms with Crippen molar-refractivity contribution < 1.29 is 9.21 Å². The molecule has 5 nitrogen and oxygen atoms in total. The molecule has 0 saturated carbocycles. The third-order valence-electron chi connectivity index (χ3n) is 3.83. The van der Waals surface area contributed by atoms with Crippen molar-refractivity contribution in [1.82, 2.24) is 15.5 Å². The molecule has 6 heteroatoms. The number of rotatable bonds is 5. The summed E-state index contributed by atoms with van der Waals surface area (Å²) in [6, 6.07) is 7.01. The van der Waals surface area contributed by atoms with E-state index in [9.17, 15) is 4.79 Å². The van der Waals surface area contributed by atoms with Gasteiger partial charge in [0.1, 0.15) is 0 Å². The first-order chi connectivity index (χ1) is 11.2. The van der Waals surface area contributed by atoms with Crippen LogP contribution >= 0.6 is 11.6 Å². The lowest BCUT2D eigenvalue weighted by Gasteiger charge is -2.12. The van der Waals surface area contributed by atoms with Crippen LogP contribution in [0, 0.1) is 0 Å². The van der Waals surface area contributed by atoms with Gasteiger partial charge in [0.2, 0.25) is 5.89 Å². The molecule has 0 aliphatic heterocycles. The van der Waals surface area contributed by atoms with Crippen LogP contribution in [0.2, 0.25) is 5.02 Å². The van der Waals surface area contributed by atoms with Gasteiger partial charge in [-0.3, -0.25) is 4.79 Å². The molecular formula is C17H18ClN3O2. The highest BCUT2D eigenvalue weighted by molar-refractivity contribution is 6.30. The van der Waals surface area contributed by atoms with Gasteiger partial charge < -0.3 is 9.73 Å². The van der Waals surface area contributed by atoms with Gasteiger partial charge in [0.25, 0.3) is 0 Å². The average molecular weight is 332 g/mol. The Bertz CT molecular complexity index is 707. The number of halogens is 1. The first-order valence-corrected chi connectivity index (χ1v) is 8.16. The second-order valence-corrected chi connectivity index (χ2v) is 5.97. The zero-order valence-corrected chi connectivity index (χ0v) is 13.5. The average Bonchev–Trinajstić information content (AvgIpc) is 3.06. The molecule has 2 aromatic rings. The molecule has 0 radical (unpaired) electrons. The van der Waals surface area contributed by atoms with E-state index in [1.54, 1.807) is 24.3 Å². The van der Waals surface area contributed by atoms with E-state index in [1.807, 2.05) is 0 Å². The van der Waals surface area contributed by atoms with E-state index in [2.05, 4.69) is 21.6 Å². The van der Waals surface area contributed by atoms with Crippen LogP contribution in [-0.4, -0.2) is 22.6 Å². The molecule has 1 aliphatic carbocycles. The number of nitrogens with zero attached hydrogens (tertiary/aromatic N) is 2. The van der Waals surface area contributed by atoms with E-state index in [1.165, 1.54) is 18.4 Å². The van der Waals surface area contributed by atoms with E-state index in [0.717, 1.165) is 24.8 Å². The molecule has 23 heavy (non-hydrogen) atoms. The van der Waals surface area contributed by atoms with E-state index in [4.69, 9.17) is 16.0 Å². The quantitative estimate of drug-likeness (QED) is 0.840. The van der Waals surface area contributed by atoms with E-state index in [0.29, 0.717) is 17.5 Å². The lowest BCUT2D eigenvalue weighted by atomic mass is 9.97. The van der Waals surface area contributed by atoms with Gasteiger partial charge in [-0.05, 0) is 56.4 Å². The highest BCUT2D eigenvalue weighted by atomic mass is 35.5. The molecule has 0 bridgehead atoms. The Hall–Kier alpha value is -2.14. The molecule has 1 N–H and O–H groups in total. The summed E-state index contributed by atoms with van der Waals surface area (Å²) in [6.45, 7) is 0.587. The van der Waals surface area contributed by atoms with Crippen molar-refractivity contribution in [2.75, 3.05) is 6.54 Å². The third-order valence-corrected chi connectivity index (χ3v) is 4.08. The predicted octanol–water partition coefficient (Wildman–Crippen LogP) is 4.01. The molecular weight excluding hydrogens is 314 g/mol. The summed E-state index contributed by atoms with van der Waals surface area (Å²) in [4.78, 5) is 12.0. The van der Waals surface area contributed by atoms with Gasteiger partial charge in [0.05, 0.1) is 0 Å². The highest BCUT2D eigenvalue weighted by Crippen LogP contribution is 2.21. The second-order valence-electron chi connectivity index (χ2n) is 5.53. The Kier molecular flexibility index (Phi) is 5.08. The van der Waals surface area contributed by atoms with Gasteiger partial charge in [-0.1, -0.05) is 23.3 Å². The number of carbonyl (C=O) groups excluding carboxylic acids is 1. The van der Waals surface area contributed by atoms with E-state index >= 15 is 0 Å². The summed E-state index contributed by atoms with van der Waals surface area (Å²) < 4.78 is 5.42. The van der Waals surface area contributed by atoms with Crippen LogP contribution < -0.4 is 5.32 Å². The zero-order chi connectivity index (χ0) is 16.1. The standard InChI is InChI=1S/C17H18ClN3O2/c18-14-8-6-13(7-9-14)16-20-21-17(23-16)15(22)19-11-10-12-4-2-1-3-5-12/h4,6-9H,1-3,5,10-11H2,(H,19,22). The van der Waals surface area contributed by atoms with Crippen LogP contribution in [0.4, 0.5) is 0 Å². The maximum Gasteiger partial charge on any atom is 0.308 e. The lowest BCUT2D eigenvalue weighted by Crippen LogP contribution is -2.25. The van der Waals surface area contributed by atoms with Gasteiger partial charge in [0, 0.05) is 17.1 Å². The Labute approximate surface area is 139 Å². The molecule has 1 aliphatic rings. The minimum Gasteiger partial charge on any atom is -0.412 e. The summed E-state index contributed by atoms with van der Waals surface area (Å²) in [7, 11) is 0. The second kappa shape index (κ2) is 7.42. The predicted molar refractivity (Wildman–Crippen MR) is 88.2 cm³/mol. The highest BCUT2D eigenvalue weighted by Gasteiger charge is 2.15. The Balaban J connectivity index is 1.55. The van der Waals surface area contributed by atoms with Gasteiger partial charge >= 0.3 is 11.8 Å². The van der Waals surface area contributed by atoms with Crippen LogP contribution in [0.25, 0.3) is 11.5 Å². The molecule has 1 amide bonds. The topological polar surface area (TPSA) is 68.0 Å². The number of hydrogen-bond donors (Lipinski definition) is 1. The Morgan fingerprint density at radius 1 is 1.22 bits per heavy atom. The number of benzene rings is 1. The fraction of sp³-hybridized carbons (Fsp3) is 0.353. The normalized spacial score (nSPS) is 14.4. The smallest absolute Gasteiger partial charge is 0.308 e. The van der Waals surface area contributed by atoms with Gasteiger partial charge in [-0.2, -0.15) is 0 Å². The third kappa shape index (κ3) is 4.20. The largest absolute Gasteiger partial charge is 0.412 e. The number of carbonyl (C=O) groups is 1. The summed E-state index contributed by atoms with van der Waals surface area (Å²) in [5.41, 5.74) is 2.15. The van der Waals surface area contributed by atoms with Gasteiger partial charge in [-0.25, -0.2) is 0 Å². The molecule has 3 rings (SSSR count). The Morgan fingerprint density at radius 3 is 2.78 bits per heavy atom. The Morgan fingerprint density at radius 2 is 2.04 bits per heavy atom. The van der Waals surface area contributed by atoms with E-state index in [-0.39, 0.29) is 11.8 Å². The van der Waals surface area contributed by atoms with Crippen LogP contribution in [0.15, 0.2) is 40.3 Å². The van der Waals surface area contributed by atoms with Crippen molar-refractivity contribution in [3.8, 4) is 11.5 Å². The molecule has 0 fully saturated rings. The van der Waals surface area contributed by atoms with Crippen LogP contribution in [0.5, 0.6) is 0 Å². The van der Waals surface area contributed by atoms with Crippen LogP contribution in [0.3, 0.4) is 0 Å². The molecule has 1 aromatic heterocycles. The van der Waals surface area contributed by atoms with Crippen molar-refractivity contribution in [2.45, 2.75) is 32.1 Å². The van der Waals surface area contributed by atoms with Crippen molar-refractivity contribution in [3.05, 3.63) is 46.8 Å². The van der Waals surface area contributed by atoms with Crippen LogP contribution in [-0.2, 0) is 0 Å². The first kappa shape index (κ1) is 15.7. The summed E-state index contributed by atoms with van der Waals surface area (Å²) in [6.07, 6.45) is 7.96. The van der Waals surface area contributed by atoms with Gasteiger partial charge in [0.15, 0.2) is 0 Å². The minimum atomic E-state index is -0.339. The molecule has 0 saturated heterocycles. The minimum absolute atomic E-state index is 0.0208. The summed E-state index contributed by atoms with van der Waals surface area (Å²) in [5, 5.41) is 11.2. The fourth-order valence-electron chi connectivity index (χ4n) is 2.57. The maximum atomic E-state index is 12.0.